The second-order valence-corrected chi connectivity index (χ2v) is 6.61. The lowest BCUT2D eigenvalue weighted by Crippen LogP contribution is -2.36. The van der Waals surface area contributed by atoms with E-state index in [9.17, 15) is 17.2 Å². The number of hydrogen-bond acceptors (Lipinski definition) is 2. The Morgan fingerprint density at radius 2 is 1.79 bits per heavy atom. The van der Waals surface area contributed by atoms with Gasteiger partial charge in [-0.2, -0.15) is 4.31 Å². The Morgan fingerprint density at radius 3 is 2.37 bits per heavy atom. The molecule has 7 heteroatoms. The first-order valence-corrected chi connectivity index (χ1v) is 7.99. The normalized spacial score (nSPS) is 17.6. The lowest BCUT2D eigenvalue weighted by Gasteiger charge is -2.26. The number of benzene rings is 1. The zero-order valence-electron chi connectivity index (χ0n) is 10.2. The van der Waals surface area contributed by atoms with E-state index in [1.54, 1.807) is 0 Å². The Labute approximate surface area is 116 Å². The Morgan fingerprint density at radius 1 is 1.16 bits per heavy atom. The highest BCUT2D eigenvalue weighted by atomic mass is 35.5. The van der Waals surface area contributed by atoms with E-state index < -0.39 is 38.0 Å². The standard InChI is InChI=1S/C12H14ClF2NO2S/c13-8-9-10(14)4-5-11(12(9)15)19(17,18)16-6-2-1-3-7-16/h4-5H,1-3,6-8H2. The molecule has 1 saturated heterocycles. The molecule has 19 heavy (non-hydrogen) atoms. The topological polar surface area (TPSA) is 37.4 Å². The van der Waals surface area contributed by atoms with Crippen molar-refractivity contribution in [2.24, 2.45) is 0 Å². The summed E-state index contributed by atoms with van der Waals surface area (Å²) < 4.78 is 53.2. The molecule has 0 amide bonds. The van der Waals surface area contributed by atoms with Gasteiger partial charge in [0, 0.05) is 18.7 Å². The molecule has 1 aromatic carbocycles. The fourth-order valence-electron chi connectivity index (χ4n) is 2.14. The number of sulfonamides is 1. The zero-order valence-corrected chi connectivity index (χ0v) is 11.8. The van der Waals surface area contributed by atoms with Gasteiger partial charge in [-0.15, -0.1) is 11.6 Å². The van der Waals surface area contributed by atoms with Gasteiger partial charge in [-0.05, 0) is 25.0 Å². The number of rotatable bonds is 3. The van der Waals surface area contributed by atoms with Crippen LogP contribution in [0.3, 0.4) is 0 Å². The largest absolute Gasteiger partial charge is 0.245 e. The summed E-state index contributed by atoms with van der Waals surface area (Å²) >= 11 is 5.46. The van der Waals surface area contributed by atoms with Crippen molar-refractivity contribution in [3.8, 4) is 0 Å². The van der Waals surface area contributed by atoms with Crippen LogP contribution in [0.2, 0.25) is 0 Å². The number of nitrogens with zero attached hydrogens (tertiary/aromatic N) is 1. The van der Waals surface area contributed by atoms with Crippen LogP contribution >= 0.6 is 11.6 Å². The number of hydrogen-bond donors (Lipinski definition) is 0. The predicted molar refractivity (Wildman–Crippen MR) is 68.5 cm³/mol. The molecule has 0 radical (unpaired) electrons. The summed E-state index contributed by atoms with van der Waals surface area (Å²) in [5, 5.41) is 0. The summed E-state index contributed by atoms with van der Waals surface area (Å²) in [7, 11) is -3.91. The first-order chi connectivity index (χ1) is 8.98. The van der Waals surface area contributed by atoms with Crippen LogP contribution in [-0.4, -0.2) is 25.8 Å². The SMILES string of the molecule is O=S(=O)(c1ccc(F)c(CCl)c1F)N1CCCCC1. The van der Waals surface area contributed by atoms with Crippen molar-refractivity contribution < 1.29 is 17.2 Å². The molecule has 0 unspecified atom stereocenters. The highest BCUT2D eigenvalue weighted by molar-refractivity contribution is 7.89. The monoisotopic (exact) mass is 309 g/mol. The van der Waals surface area contributed by atoms with Crippen LogP contribution in [0.1, 0.15) is 24.8 Å². The highest BCUT2D eigenvalue weighted by Crippen LogP contribution is 2.26. The summed E-state index contributed by atoms with van der Waals surface area (Å²) in [5.74, 6) is -2.31. The lowest BCUT2D eigenvalue weighted by molar-refractivity contribution is 0.344. The van der Waals surface area contributed by atoms with Crippen LogP contribution in [0.5, 0.6) is 0 Å². The molecule has 0 spiro atoms. The molecule has 2 rings (SSSR count). The Hall–Kier alpha value is -0.720. The second-order valence-electron chi connectivity index (χ2n) is 4.44. The van der Waals surface area contributed by atoms with Gasteiger partial charge in [-0.1, -0.05) is 6.42 Å². The molecule has 1 fully saturated rings. The smallest absolute Gasteiger partial charge is 0.207 e. The highest BCUT2D eigenvalue weighted by Gasteiger charge is 2.30. The fourth-order valence-corrected chi connectivity index (χ4v) is 3.99. The quantitative estimate of drug-likeness (QED) is 0.805. The molecule has 0 bridgehead atoms. The van der Waals surface area contributed by atoms with Crippen LogP contribution in [0.15, 0.2) is 17.0 Å². The van der Waals surface area contributed by atoms with E-state index in [2.05, 4.69) is 0 Å². The van der Waals surface area contributed by atoms with Crippen LogP contribution in [-0.2, 0) is 15.9 Å². The van der Waals surface area contributed by atoms with Crippen molar-refractivity contribution in [2.75, 3.05) is 13.1 Å². The molecule has 0 saturated carbocycles. The van der Waals surface area contributed by atoms with E-state index in [0.717, 1.165) is 31.4 Å². The van der Waals surface area contributed by atoms with Gasteiger partial charge in [0.05, 0.1) is 5.88 Å². The molecule has 1 aromatic rings. The molecule has 106 valence electrons. The minimum Gasteiger partial charge on any atom is -0.207 e. The van der Waals surface area contributed by atoms with E-state index in [1.165, 1.54) is 4.31 Å². The molecule has 1 aliphatic rings. The van der Waals surface area contributed by atoms with E-state index in [4.69, 9.17) is 11.6 Å². The van der Waals surface area contributed by atoms with Gasteiger partial charge in [0.25, 0.3) is 0 Å². The lowest BCUT2D eigenvalue weighted by atomic mass is 10.2. The maximum absolute atomic E-state index is 14.1. The first kappa shape index (κ1) is 14.7. The Balaban J connectivity index is 2.46. The van der Waals surface area contributed by atoms with Gasteiger partial charge in [0.15, 0.2) is 5.82 Å². The van der Waals surface area contributed by atoms with Gasteiger partial charge in [0.1, 0.15) is 10.7 Å². The summed E-state index contributed by atoms with van der Waals surface area (Å²) in [5.41, 5.74) is -0.403. The molecule has 0 N–H and O–H groups in total. The predicted octanol–water partition coefficient (Wildman–Crippen LogP) is 2.88. The average Bonchev–Trinajstić information content (AvgIpc) is 2.40. The van der Waals surface area contributed by atoms with Gasteiger partial charge in [-0.3, -0.25) is 0 Å². The van der Waals surface area contributed by atoms with E-state index in [1.807, 2.05) is 0 Å². The van der Waals surface area contributed by atoms with Crippen molar-refractivity contribution in [2.45, 2.75) is 30.0 Å². The molecule has 0 aromatic heterocycles. The maximum atomic E-state index is 14.1. The first-order valence-electron chi connectivity index (χ1n) is 6.01. The summed E-state index contributed by atoms with van der Waals surface area (Å²) in [6.07, 6.45) is 2.47. The third kappa shape index (κ3) is 2.75. The number of alkyl halides is 1. The average molecular weight is 310 g/mol. The van der Waals surface area contributed by atoms with Crippen molar-refractivity contribution >= 4 is 21.6 Å². The molecular formula is C12H14ClF2NO2S. The van der Waals surface area contributed by atoms with Crippen LogP contribution in [0.4, 0.5) is 8.78 Å². The minimum absolute atomic E-state index is 0.370. The van der Waals surface area contributed by atoms with E-state index >= 15 is 0 Å². The van der Waals surface area contributed by atoms with E-state index in [0.29, 0.717) is 13.1 Å². The fraction of sp³-hybridized carbons (Fsp3) is 0.500. The van der Waals surface area contributed by atoms with Gasteiger partial charge in [0.2, 0.25) is 10.0 Å². The maximum Gasteiger partial charge on any atom is 0.245 e. The third-order valence-corrected chi connectivity index (χ3v) is 5.40. The van der Waals surface area contributed by atoms with Crippen molar-refractivity contribution in [3.63, 3.8) is 0 Å². The number of piperidine rings is 1. The Kier molecular flexibility index (Phi) is 4.43. The zero-order chi connectivity index (χ0) is 14.0. The van der Waals surface area contributed by atoms with Gasteiger partial charge < -0.3 is 0 Å². The molecular weight excluding hydrogens is 296 g/mol. The molecule has 1 heterocycles. The summed E-state index contributed by atoms with van der Waals surface area (Å²) in [4.78, 5) is -0.494. The molecule has 0 aliphatic carbocycles. The van der Waals surface area contributed by atoms with Crippen molar-refractivity contribution in [1.29, 1.82) is 0 Å². The number of halogens is 3. The minimum atomic E-state index is -3.91. The molecule has 0 atom stereocenters. The van der Waals surface area contributed by atoms with E-state index in [-0.39, 0.29) is 0 Å². The van der Waals surface area contributed by atoms with Crippen molar-refractivity contribution in [3.05, 3.63) is 29.3 Å². The van der Waals surface area contributed by atoms with Gasteiger partial charge in [-0.25, -0.2) is 17.2 Å². The second kappa shape index (κ2) is 5.73. The van der Waals surface area contributed by atoms with Crippen molar-refractivity contribution in [1.82, 2.24) is 4.31 Å². The summed E-state index contributed by atoms with van der Waals surface area (Å²) in [6, 6.07) is 1.91. The summed E-state index contributed by atoms with van der Waals surface area (Å²) in [6.45, 7) is 0.741. The van der Waals surface area contributed by atoms with Crippen LogP contribution in [0.25, 0.3) is 0 Å². The van der Waals surface area contributed by atoms with Crippen LogP contribution in [0, 0.1) is 11.6 Å². The van der Waals surface area contributed by atoms with Crippen LogP contribution < -0.4 is 0 Å². The molecule has 3 nitrogen and oxygen atoms in total. The molecule has 1 aliphatic heterocycles. The van der Waals surface area contributed by atoms with Gasteiger partial charge >= 0.3 is 0 Å². The third-order valence-electron chi connectivity index (χ3n) is 3.22. The Bertz CT molecular complexity index is 571.